The first-order valence-electron chi connectivity index (χ1n) is 8.50. The van der Waals surface area contributed by atoms with Gasteiger partial charge in [-0.25, -0.2) is 13.1 Å². The number of ether oxygens (including phenoxy) is 1. The molecule has 0 radical (unpaired) electrons. The maximum atomic E-state index is 12.5. The molecule has 7 heteroatoms. The van der Waals surface area contributed by atoms with Crippen LogP contribution in [0.3, 0.4) is 0 Å². The summed E-state index contributed by atoms with van der Waals surface area (Å²) in [5.74, 6) is 0.245. The molecule has 0 spiro atoms. The predicted octanol–water partition coefficient (Wildman–Crippen LogP) is 3.41. The van der Waals surface area contributed by atoms with Crippen LogP contribution in [0.2, 0.25) is 0 Å². The van der Waals surface area contributed by atoms with Crippen molar-refractivity contribution in [3.05, 3.63) is 54.1 Å². The molecule has 26 heavy (non-hydrogen) atoms. The van der Waals surface area contributed by atoms with Crippen molar-refractivity contribution >= 4 is 21.6 Å². The van der Waals surface area contributed by atoms with E-state index in [0.717, 1.165) is 0 Å². The highest BCUT2D eigenvalue weighted by Crippen LogP contribution is 2.25. The Hall–Kier alpha value is -2.38. The van der Waals surface area contributed by atoms with Crippen LogP contribution in [0, 0.1) is 0 Å². The van der Waals surface area contributed by atoms with Crippen molar-refractivity contribution in [2.45, 2.75) is 38.2 Å². The second-order valence-electron chi connectivity index (χ2n) is 6.04. The molecule has 0 aliphatic rings. The van der Waals surface area contributed by atoms with Crippen LogP contribution in [0.4, 0.5) is 5.69 Å². The zero-order chi connectivity index (χ0) is 19.2. The van der Waals surface area contributed by atoms with Crippen molar-refractivity contribution < 1.29 is 17.9 Å². The van der Waals surface area contributed by atoms with Gasteiger partial charge in [0.1, 0.15) is 5.75 Å². The Labute approximate surface area is 154 Å². The van der Waals surface area contributed by atoms with Crippen LogP contribution in [0.15, 0.2) is 53.4 Å². The lowest BCUT2D eigenvalue weighted by Crippen LogP contribution is -2.24. The second-order valence-corrected chi connectivity index (χ2v) is 7.81. The smallest absolute Gasteiger partial charge is 0.255 e. The van der Waals surface area contributed by atoms with E-state index < -0.39 is 10.0 Å². The average Bonchev–Trinajstić information content (AvgIpc) is 2.61. The lowest BCUT2D eigenvalue weighted by molar-refractivity contribution is 0.102. The first-order chi connectivity index (χ1) is 12.3. The molecule has 2 aromatic carbocycles. The summed E-state index contributed by atoms with van der Waals surface area (Å²) < 4.78 is 32.3. The maximum absolute atomic E-state index is 12.5. The van der Waals surface area contributed by atoms with Gasteiger partial charge in [0.05, 0.1) is 16.7 Å². The van der Waals surface area contributed by atoms with E-state index in [-0.39, 0.29) is 16.9 Å². The normalized spacial score (nSPS) is 11.4. The molecule has 0 aliphatic heterocycles. The molecule has 0 heterocycles. The molecular formula is C19H24N2O4S. The number of sulfonamides is 1. The lowest BCUT2D eigenvalue weighted by atomic mass is 10.2. The number of amides is 1. The van der Waals surface area contributed by atoms with Gasteiger partial charge >= 0.3 is 0 Å². The number of carbonyl (C=O) groups is 1. The molecule has 0 atom stereocenters. The van der Waals surface area contributed by atoms with Crippen LogP contribution >= 0.6 is 0 Å². The highest BCUT2D eigenvalue weighted by atomic mass is 32.2. The van der Waals surface area contributed by atoms with Gasteiger partial charge in [-0.15, -0.1) is 0 Å². The highest BCUT2D eigenvalue weighted by Gasteiger charge is 2.15. The monoisotopic (exact) mass is 376 g/mol. The van der Waals surface area contributed by atoms with Crippen molar-refractivity contribution in [2.24, 2.45) is 0 Å². The summed E-state index contributed by atoms with van der Waals surface area (Å²) >= 11 is 0. The number of benzene rings is 2. The van der Waals surface area contributed by atoms with Gasteiger partial charge in [0.15, 0.2) is 0 Å². The molecule has 140 valence electrons. The van der Waals surface area contributed by atoms with Crippen LogP contribution in [-0.4, -0.2) is 27.0 Å². The van der Waals surface area contributed by atoms with Crippen molar-refractivity contribution in [3.63, 3.8) is 0 Å². The summed E-state index contributed by atoms with van der Waals surface area (Å²) in [6, 6.07) is 13.0. The summed E-state index contributed by atoms with van der Waals surface area (Å²) in [6.07, 6.45) is 0.686. The van der Waals surface area contributed by atoms with Crippen molar-refractivity contribution in [3.8, 4) is 5.75 Å². The molecule has 0 aliphatic carbocycles. The largest absolute Gasteiger partial charge is 0.489 e. The molecular weight excluding hydrogens is 352 g/mol. The molecule has 0 unspecified atom stereocenters. The molecule has 0 aromatic heterocycles. The molecule has 0 saturated heterocycles. The predicted molar refractivity (Wildman–Crippen MR) is 102 cm³/mol. The second kappa shape index (κ2) is 8.82. The van der Waals surface area contributed by atoms with Crippen LogP contribution in [0.25, 0.3) is 0 Å². The molecule has 2 aromatic rings. The number of hydrogen-bond acceptors (Lipinski definition) is 4. The van der Waals surface area contributed by atoms with Gasteiger partial charge in [-0.2, -0.15) is 0 Å². The van der Waals surface area contributed by atoms with Crippen molar-refractivity contribution in [1.82, 2.24) is 4.72 Å². The zero-order valence-corrected chi connectivity index (χ0v) is 16.0. The van der Waals surface area contributed by atoms with E-state index in [9.17, 15) is 13.2 Å². The quantitative estimate of drug-likeness (QED) is 0.739. The van der Waals surface area contributed by atoms with Gasteiger partial charge in [-0.05, 0) is 56.7 Å². The third kappa shape index (κ3) is 5.31. The van der Waals surface area contributed by atoms with E-state index in [1.165, 1.54) is 24.3 Å². The topological polar surface area (TPSA) is 84.5 Å². The molecule has 6 nitrogen and oxygen atoms in total. The molecule has 2 rings (SSSR count). The van der Waals surface area contributed by atoms with Crippen molar-refractivity contribution in [2.75, 3.05) is 11.9 Å². The number of rotatable bonds is 8. The number of anilines is 1. The number of hydrogen-bond donors (Lipinski definition) is 2. The minimum Gasteiger partial charge on any atom is -0.489 e. The number of nitrogens with one attached hydrogen (secondary N) is 2. The summed E-state index contributed by atoms with van der Waals surface area (Å²) in [7, 11) is -3.55. The summed E-state index contributed by atoms with van der Waals surface area (Å²) in [5, 5.41) is 2.80. The fourth-order valence-corrected chi connectivity index (χ4v) is 3.36. The number of carbonyl (C=O) groups excluding carboxylic acids is 1. The molecule has 0 fully saturated rings. The fraction of sp³-hybridized carbons (Fsp3) is 0.316. The lowest BCUT2D eigenvalue weighted by Gasteiger charge is -2.15. The van der Waals surface area contributed by atoms with Gasteiger partial charge in [0, 0.05) is 12.1 Å². The summed E-state index contributed by atoms with van der Waals surface area (Å²) in [6.45, 7) is 6.07. The fourth-order valence-electron chi connectivity index (χ4n) is 2.23. The van der Waals surface area contributed by atoms with Gasteiger partial charge in [-0.3, -0.25) is 4.79 Å². The van der Waals surface area contributed by atoms with Crippen molar-refractivity contribution in [1.29, 1.82) is 0 Å². The first kappa shape index (κ1) is 19.9. The maximum Gasteiger partial charge on any atom is 0.255 e. The Morgan fingerprint density at radius 1 is 1.08 bits per heavy atom. The van der Waals surface area contributed by atoms with Gasteiger partial charge in [0.2, 0.25) is 10.0 Å². The van der Waals surface area contributed by atoms with Crippen LogP contribution in [0.1, 0.15) is 37.6 Å². The Kier molecular flexibility index (Phi) is 6.76. The Morgan fingerprint density at radius 3 is 2.35 bits per heavy atom. The third-order valence-electron chi connectivity index (χ3n) is 3.47. The summed E-state index contributed by atoms with van der Waals surface area (Å²) in [5.41, 5.74) is 0.923. The molecule has 2 N–H and O–H groups in total. The Balaban J connectivity index is 2.14. The van der Waals surface area contributed by atoms with Gasteiger partial charge in [-0.1, -0.05) is 19.1 Å². The Morgan fingerprint density at radius 2 is 1.73 bits per heavy atom. The first-order valence-corrected chi connectivity index (χ1v) is 9.98. The Bertz CT molecular complexity index is 846. The standard InChI is InChI=1S/C19H24N2O4S/c1-4-13-20-26(23,24)16-11-9-15(10-12-16)19(22)21-17-7-5-6-8-18(17)25-14(2)3/h5-12,14,20H,4,13H2,1-3H3,(H,21,22). The molecule has 0 saturated carbocycles. The minimum absolute atomic E-state index is 0.0202. The highest BCUT2D eigenvalue weighted by molar-refractivity contribution is 7.89. The summed E-state index contributed by atoms with van der Waals surface area (Å²) in [4.78, 5) is 12.6. The third-order valence-corrected chi connectivity index (χ3v) is 4.94. The van der Waals surface area contributed by atoms with Crippen LogP contribution < -0.4 is 14.8 Å². The van der Waals surface area contributed by atoms with E-state index >= 15 is 0 Å². The molecule has 1 amide bonds. The van der Waals surface area contributed by atoms with Gasteiger partial charge < -0.3 is 10.1 Å². The zero-order valence-electron chi connectivity index (χ0n) is 15.2. The van der Waals surface area contributed by atoms with Crippen LogP contribution in [0.5, 0.6) is 5.75 Å². The SMILES string of the molecule is CCCNS(=O)(=O)c1ccc(C(=O)Nc2ccccc2OC(C)C)cc1. The van der Waals surface area contributed by atoms with E-state index in [2.05, 4.69) is 10.0 Å². The number of para-hydroxylation sites is 2. The minimum atomic E-state index is -3.55. The van der Waals surface area contributed by atoms with Crippen LogP contribution in [-0.2, 0) is 10.0 Å². The molecule has 0 bridgehead atoms. The van der Waals surface area contributed by atoms with E-state index in [1.54, 1.807) is 18.2 Å². The van der Waals surface area contributed by atoms with E-state index in [1.807, 2.05) is 26.8 Å². The van der Waals surface area contributed by atoms with E-state index in [4.69, 9.17) is 4.74 Å². The van der Waals surface area contributed by atoms with Gasteiger partial charge in [0.25, 0.3) is 5.91 Å². The average molecular weight is 376 g/mol. The van der Waals surface area contributed by atoms with E-state index in [0.29, 0.717) is 30.0 Å².